The van der Waals surface area contributed by atoms with Crippen molar-refractivity contribution in [3.05, 3.63) is 53.6 Å². The summed E-state index contributed by atoms with van der Waals surface area (Å²) in [7, 11) is 0. The van der Waals surface area contributed by atoms with Crippen LogP contribution in [0.5, 0.6) is 11.5 Å². The molecule has 2 rings (SSSR count). The molecular formula is C15H14BrNO3. The van der Waals surface area contributed by atoms with Crippen molar-refractivity contribution >= 4 is 27.5 Å². The maximum atomic E-state index is 12.1. The Hall–Kier alpha value is -2.01. The first-order valence-corrected chi connectivity index (χ1v) is 6.96. The molecule has 3 N–H and O–H groups in total. The van der Waals surface area contributed by atoms with E-state index in [4.69, 9.17) is 0 Å². The molecule has 0 aliphatic carbocycles. The molecule has 1 amide bonds. The molecule has 0 saturated heterocycles. The van der Waals surface area contributed by atoms with Crippen molar-refractivity contribution in [3.63, 3.8) is 0 Å². The third-order valence-electron chi connectivity index (χ3n) is 2.80. The van der Waals surface area contributed by atoms with Gasteiger partial charge in [-0.3, -0.25) is 4.79 Å². The number of aromatic hydroxyl groups is 2. The Morgan fingerprint density at radius 1 is 1.15 bits per heavy atom. The van der Waals surface area contributed by atoms with Crippen LogP contribution in [0.25, 0.3) is 0 Å². The van der Waals surface area contributed by atoms with Gasteiger partial charge in [0.2, 0.25) is 0 Å². The zero-order valence-corrected chi connectivity index (χ0v) is 12.4. The van der Waals surface area contributed by atoms with E-state index in [1.54, 1.807) is 6.07 Å². The molecule has 0 spiro atoms. The number of anilines is 1. The van der Waals surface area contributed by atoms with Gasteiger partial charge in [0.15, 0.2) is 0 Å². The lowest BCUT2D eigenvalue weighted by molar-refractivity contribution is 0.102. The Bertz CT molecular complexity index is 621. The Morgan fingerprint density at radius 2 is 1.75 bits per heavy atom. The number of carbonyl (C=O) groups excluding carboxylic acids is 1. The predicted octanol–water partition coefficient (Wildman–Crippen LogP) is 3.81. The van der Waals surface area contributed by atoms with Crippen molar-refractivity contribution in [3.8, 4) is 11.5 Å². The summed E-state index contributed by atoms with van der Waals surface area (Å²) in [4.78, 5) is 12.2. The Kier molecular flexibility index (Phi) is 4.29. The minimum atomic E-state index is -0.392. The van der Waals surface area contributed by atoms with Crippen molar-refractivity contribution in [1.29, 1.82) is 0 Å². The molecule has 1 unspecified atom stereocenters. The number of hydrogen-bond acceptors (Lipinski definition) is 3. The number of amides is 1. The SMILES string of the molecule is CC(Br)c1ccccc1NC(=O)c1cc(O)cc(O)c1. The summed E-state index contributed by atoms with van der Waals surface area (Å²) in [6, 6.07) is 11.2. The molecule has 104 valence electrons. The minimum Gasteiger partial charge on any atom is -0.508 e. The van der Waals surface area contributed by atoms with Crippen LogP contribution in [0.15, 0.2) is 42.5 Å². The van der Waals surface area contributed by atoms with E-state index in [1.165, 1.54) is 18.2 Å². The Balaban J connectivity index is 2.28. The smallest absolute Gasteiger partial charge is 0.255 e. The van der Waals surface area contributed by atoms with Crippen molar-refractivity contribution in [2.75, 3.05) is 5.32 Å². The molecule has 0 radical (unpaired) electrons. The number of benzene rings is 2. The number of rotatable bonds is 3. The molecule has 4 nitrogen and oxygen atoms in total. The lowest BCUT2D eigenvalue weighted by Crippen LogP contribution is -2.13. The fourth-order valence-corrected chi connectivity index (χ4v) is 2.28. The third-order valence-corrected chi connectivity index (χ3v) is 3.30. The van der Waals surface area contributed by atoms with Gasteiger partial charge in [-0.2, -0.15) is 0 Å². The molecule has 0 bridgehead atoms. The van der Waals surface area contributed by atoms with Crippen LogP contribution in [0.4, 0.5) is 5.69 Å². The van der Waals surface area contributed by atoms with Gasteiger partial charge in [0, 0.05) is 22.1 Å². The van der Waals surface area contributed by atoms with Gasteiger partial charge in [0.25, 0.3) is 5.91 Å². The first kappa shape index (κ1) is 14.4. The largest absolute Gasteiger partial charge is 0.508 e. The molecule has 5 heteroatoms. The normalized spacial score (nSPS) is 11.9. The number of para-hydroxylation sites is 1. The first-order valence-electron chi connectivity index (χ1n) is 6.04. The number of hydrogen-bond donors (Lipinski definition) is 3. The number of phenols is 2. The summed E-state index contributed by atoms with van der Waals surface area (Å²) in [5.74, 6) is -0.702. The van der Waals surface area contributed by atoms with E-state index in [0.29, 0.717) is 5.69 Å². The van der Waals surface area contributed by atoms with Gasteiger partial charge in [-0.25, -0.2) is 0 Å². The molecule has 1 atom stereocenters. The van der Waals surface area contributed by atoms with Crippen LogP contribution in [-0.2, 0) is 0 Å². The first-order chi connectivity index (χ1) is 9.47. The van der Waals surface area contributed by atoms with Crippen LogP contribution in [-0.4, -0.2) is 16.1 Å². The predicted molar refractivity (Wildman–Crippen MR) is 81.5 cm³/mol. The van der Waals surface area contributed by atoms with Gasteiger partial charge in [-0.05, 0) is 30.7 Å². The van der Waals surface area contributed by atoms with Crippen LogP contribution >= 0.6 is 15.9 Å². The number of phenolic OH excluding ortho intramolecular Hbond substituents is 2. The Labute approximate surface area is 125 Å². The quantitative estimate of drug-likeness (QED) is 0.747. The van der Waals surface area contributed by atoms with Gasteiger partial charge in [0.1, 0.15) is 11.5 Å². The van der Waals surface area contributed by atoms with E-state index in [2.05, 4.69) is 21.2 Å². The molecule has 0 saturated carbocycles. The number of carbonyl (C=O) groups is 1. The molecular weight excluding hydrogens is 322 g/mol. The van der Waals surface area contributed by atoms with Crippen LogP contribution in [0.3, 0.4) is 0 Å². The van der Waals surface area contributed by atoms with Gasteiger partial charge >= 0.3 is 0 Å². The Morgan fingerprint density at radius 3 is 2.35 bits per heavy atom. The molecule has 2 aromatic carbocycles. The van der Waals surface area contributed by atoms with Crippen molar-refractivity contribution in [2.45, 2.75) is 11.8 Å². The van der Waals surface area contributed by atoms with E-state index in [-0.39, 0.29) is 21.9 Å². The monoisotopic (exact) mass is 335 g/mol. The maximum absolute atomic E-state index is 12.1. The van der Waals surface area contributed by atoms with E-state index in [9.17, 15) is 15.0 Å². The van der Waals surface area contributed by atoms with Crippen LogP contribution in [0.1, 0.15) is 27.7 Å². The number of alkyl halides is 1. The molecule has 0 aliphatic heterocycles. The molecule has 2 aromatic rings. The van der Waals surface area contributed by atoms with Gasteiger partial charge in [0.05, 0.1) is 0 Å². The summed E-state index contributed by atoms with van der Waals surface area (Å²) in [5, 5.41) is 21.6. The molecule has 0 heterocycles. The average molecular weight is 336 g/mol. The lowest BCUT2D eigenvalue weighted by Gasteiger charge is -2.13. The second-order valence-corrected chi connectivity index (χ2v) is 5.77. The van der Waals surface area contributed by atoms with Gasteiger partial charge in [-0.15, -0.1) is 0 Å². The molecule has 0 aromatic heterocycles. The zero-order chi connectivity index (χ0) is 14.7. The topological polar surface area (TPSA) is 69.6 Å². The third kappa shape index (κ3) is 3.30. The summed E-state index contributed by atoms with van der Waals surface area (Å²) in [5.41, 5.74) is 1.83. The fourth-order valence-electron chi connectivity index (χ4n) is 1.88. The molecule has 20 heavy (non-hydrogen) atoms. The van der Waals surface area contributed by atoms with E-state index >= 15 is 0 Å². The summed E-state index contributed by atoms with van der Waals surface area (Å²) in [6.45, 7) is 1.96. The molecule has 0 fully saturated rings. The highest BCUT2D eigenvalue weighted by Crippen LogP contribution is 2.29. The summed E-state index contributed by atoms with van der Waals surface area (Å²) >= 11 is 3.47. The highest BCUT2D eigenvalue weighted by molar-refractivity contribution is 9.09. The maximum Gasteiger partial charge on any atom is 0.255 e. The summed E-state index contributed by atoms with van der Waals surface area (Å²) < 4.78 is 0. The van der Waals surface area contributed by atoms with Gasteiger partial charge in [-0.1, -0.05) is 34.1 Å². The summed E-state index contributed by atoms with van der Waals surface area (Å²) in [6.07, 6.45) is 0. The zero-order valence-electron chi connectivity index (χ0n) is 10.8. The second kappa shape index (κ2) is 5.96. The number of halogens is 1. The highest BCUT2D eigenvalue weighted by Gasteiger charge is 2.12. The average Bonchev–Trinajstić information content (AvgIpc) is 2.37. The van der Waals surface area contributed by atoms with Crippen LogP contribution in [0, 0.1) is 0 Å². The van der Waals surface area contributed by atoms with E-state index in [1.807, 2.05) is 25.1 Å². The van der Waals surface area contributed by atoms with Crippen molar-refractivity contribution < 1.29 is 15.0 Å². The van der Waals surface area contributed by atoms with Gasteiger partial charge < -0.3 is 15.5 Å². The number of nitrogens with one attached hydrogen (secondary N) is 1. The van der Waals surface area contributed by atoms with Crippen molar-refractivity contribution in [1.82, 2.24) is 0 Å². The highest BCUT2D eigenvalue weighted by atomic mass is 79.9. The van der Waals surface area contributed by atoms with Crippen molar-refractivity contribution in [2.24, 2.45) is 0 Å². The minimum absolute atomic E-state index is 0.0941. The van der Waals surface area contributed by atoms with Crippen LogP contribution in [0.2, 0.25) is 0 Å². The lowest BCUT2D eigenvalue weighted by atomic mass is 10.1. The van der Waals surface area contributed by atoms with E-state index < -0.39 is 5.91 Å². The van der Waals surface area contributed by atoms with Crippen LogP contribution < -0.4 is 5.32 Å². The van der Waals surface area contributed by atoms with E-state index in [0.717, 1.165) is 5.56 Å². The fraction of sp³-hybridized carbons (Fsp3) is 0.133. The second-order valence-electron chi connectivity index (χ2n) is 4.40. The standard InChI is InChI=1S/C15H14BrNO3/c1-9(16)13-4-2-3-5-14(13)17-15(20)10-6-11(18)8-12(19)7-10/h2-9,18-19H,1H3,(H,17,20). The molecule has 0 aliphatic rings.